The number of nitrogens with zero attached hydrogens (tertiary/aromatic N) is 2. The van der Waals surface area contributed by atoms with E-state index in [0.717, 1.165) is 5.56 Å². The van der Waals surface area contributed by atoms with Crippen molar-refractivity contribution >= 4 is 12.1 Å². The highest BCUT2D eigenvalue weighted by Crippen LogP contribution is 2.11. The molecule has 1 unspecified atom stereocenters. The van der Waals surface area contributed by atoms with Crippen molar-refractivity contribution in [1.29, 1.82) is 0 Å². The summed E-state index contributed by atoms with van der Waals surface area (Å²) >= 11 is 0. The summed E-state index contributed by atoms with van der Waals surface area (Å²) in [6.07, 6.45) is -0.986. The molecule has 0 radical (unpaired) electrons. The number of benzene rings is 1. The second kappa shape index (κ2) is 13.7. The van der Waals surface area contributed by atoms with Gasteiger partial charge in [0.1, 0.15) is 24.4 Å². The number of hydrogen-bond acceptors (Lipinski definition) is 10. The number of unbranched alkanes of at least 4 members (excludes halogenated alkanes) is 1. The van der Waals surface area contributed by atoms with Gasteiger partial charge in [0.15, 0.2) is 0 Å². The monoisotopic (exact) mass is 471 g/mol. The molecule has 13 nitrogen and oxygen atoms in total. The molecule has 0 spiro atoms. The van der Waals surface area contributed by atoms with Gasteiger partial charge in [0, 0.05) is 6.42 Å². The fourth-order valence-electron chi connectivity index (χ4n) is 2.67. The molecule has 1 rings (SSSR count). The molecule has 33 heavy (non-hydrogen) atoms. The van der Waals surface area contributed by atoms with Gasteiger partial charge < -0.3 is 24.5 Å². The summed E-state index contributed by atoms with van der Waals surface area (Å²) < 4.78 is 10.5. The highest BCUT2D eigenvalue weighted by molar-refractivity contribution is 5.81. The first kappa shape index (κ1) is 27.4. The quantitative estimate of drug-likeness (QED) is 0.184. The van der Waals surface area contributed by atoms with Crippen molar-refractivity contribution in [2.24, 2.45) is 0 Å². The van der Waals surface area contributed by atoms with E-state index in [0.29, 0.717) is 12.8 Å². The minimum atomic E-state index is -1.12. The Balaban J connectivity index is 2.57. The Bertz CT molecular complexity index is 782. The smallest absolute Gasteiger partial charge is 0.408 e. The summed E-state index contributed by atoms with van der Waals surface area (Å²) in [5, 5.41) is 21.1. The Labute approximate surface area is 190 Å². The van der Waals surface area contributed by atoms with E-state index >= 15 is 0 Å². The van der Waals surface area contributed by atoms with Gasteiger partial charge in [-0.05, 0) is 45.6 Å². The number of carbonyl (C=O) groups is 2. The minimum Gasteiger partial charge on any atom is -0.464 e. The molecule has 0 aromatic heterocycles. The number of hydrogen-bond donors (Lipinski definition) is 1. The minimum absolute atomic E-state index is 0.0264. The van der Waals surface area contributed by atoms with Crippen molar-refractivity contribution in [3.05, 3.63) is 56.1 Å². The second-order valence-electron chi connectivity index (χ2n) is 8.02. The normalized spacial score (nSPS) is 12.7. The average molecular weight is 471 g/mol. The van der Waals surface area contributed by atoms with E-state index in [2.05, 4.69) is 15.0 Å². The Hall–Kier alpha value is -3.64. The van der Waals surface area contributed by atoms with Crippen LogP contribution in [0.1, 0.15) is 45.6 Å². The van der Waals surface area contributed by atoms with Gasteiger partial charge in [-0.1, -0.05) is 30.3 Å². The second-order valence-corrected chi connectivity index (χ2v) is 8.02. The summed E-state index contributed by atoms with van der Waals surface area (Å²) in [6, 6.07) is 8.06. The largest absolute Gasteiger partial charge is 0.464 e. The maximum absolute atomic E-state index is 12.6. The molecular formula is C20H29N3O10. The predicted molar refractivity (Wildman–Crippen MR) is 113 cm³/mol. The van der Waals surface area contributed by atoms with Crippen LogP contribution >= 0.6 is 0 Å². The van der Waals surface area contributed by atoms with Crippen LogP contribution in [0.2, 0.25) is 0 Å². The van der Waals surface area contributed by atoms with Crippen molar-refractivity contribution in [1.82, 2.24) is 5.32 Å². The number of carbonyl (C=O) groups excluding carboxylic acids is 2. The van der Waals surface area contributed by atoms with Crippen molar-refractivity contribution in [2.45, 2.75) is 64.2 Å². The van der Waals surface area contributed by atoms with E-state index in [1.165, 1.54) is 0 Å². The lowest BCUT2D eigenvalue weighted by molar-refractivity contribution is -0.790. The van der Waals surface area contributed by atoms with Crippen LogP contribution in [0.15, 0.2) is 30.3 Å². The Morgan fingerprint density at radius 1 is 1.06 bits per heavy atom. The van der Waals surface area contributed by atoms with Crippen molar-refractivity contribution in [3.8, 4) is 0 Å². The van der Waals surface area contributed by atoms with E-state index < -0.39 is 46.6 Å². The first-order chi connectivity index (χ1) is 15.5. The fraction of sp³-hybridized carbons (Fsp3) is 0.600. The van der Waals surface area contributed by atoms with E-state index in [-0.39, 0.29) is 19.4 Å². The van der Waals surface area contributed by atoms with Crippen molar-refractivity contribution in [3.63, 3.8) is 0 Å². The molecule has 0 aliphatic heterocycles. The zero-order chi connectivity index (χ0) is 24.9. The molecule has 1 N–H and O–H groups in total. The summed E-state index contributed by atoms with van der Waals surface area (Å²) in [7, 11) is 0. The van der Waals surface area contributed by atoms with E-state index in [4.69, 9.17) is 9.47 Å². The molecule has 184 valence electrons. The molecule has 0 fully saturated rings. The van der Waals surface area contributed by atoms with Gasteiger partial charge in [-0.15, -0.1) is 20.2 Å². The molecule has 0 aliphatic carbocycles. The van der Waals surface area contributed by atoms with Crippen molar-refractivity contribution < 1.29 is 38.9 Å². The van der Waals surface area contributed by atoms with Crippen LogP contribution in [0.3, 0.4) is 0 Å². The SMILES string of the molecule is CC(C)(C)OC(=O)NC(Cc1ccccc1)C(=O)OCCCC[C@@H](CO[N+](=O)[O-])O[N+](=O)[O-]. The number of alkyl carbamates (subject to hydrolysis) is 1. The molecule has 0 saturated carbocycles. The van der Waals surface area contributed by atoms with Crippen molar-refractivity contribution in [2.75, 3.05) is 13.2 Å². The molecule has 13 heteroatoms. The third kappa shape index (κ3) is 13.4. The standard InChI is InChI=1S/C20H29N3O10/c1-20(2,3)32-19(25)21-17(13-15-9-5-4-6-10-15)18(24)30-12-8-7-11-16(33-23(28)29)14-31-22(26)27/h4-6,9-10,16-17H,7-8,11-14H2,1-3H3,(H,21,25)/t16-,17?/m0/s1. The summed E-state index contributed by atoms with van der Waals surface area (Å²) in [4.78, 5) is 53.9. The van der Waals surface area contributed by atoms with Gasteiger partial charge in [0.05, 0.1) is 6.61 Å². The Morgan fingerprint density at radius 3 is 2.30 bits per heavy atom. The number of rotatable bonds is 14. The van der Waals surface area contributed by atoms with Gasteiger partial charge in [-0.2, -0.15) is 0 Å². The Kier molecular flexibility index (Phi) is 11.4. The van der Waals surface area contributed by atoms with Crippen LogP contribution in [0, 0.1) is 20.2 Å². The molecule has 0 saturated heterocycles. The first-order valence-electron chi connectivity index (χ1n) is 10.2. The van der Waals surface area contributed by atoms with Gasteiger partial charge in [0.25, 0.3) is 10.2 Å². The zero-order valence-electron chi connectivity index (χ0n) is 18.8. The summed E-state index contributed by atoms with van der Waals surface area (Å²) in [6.45, 7) is 4.48. The molecule has 1 aromatic rings. The molecule has 1 aromatic carbocycles. The van der Waals surface area contributed by atoms with Crippen LogP contribution in [-0.2, 0) is 30.4 Å². The maximum Gasteiger partial charge on any atom is 0.408 e. The molecule has 0 heterocycles. The predicted octanol–water partition coefficient (Wildman–Crippen LogP) is 2.62. The third-order valence-electron chi connectivity index (χ3n) is 4.02. The van der Waals surface area contributed by atoms with Crippen LogP contribution in [0.25, 0.3) is 0 Å². The molecule has 1 amide bonds. The maximum atomic E-state index is 12.6. The molecule has 2 atom stereocenters. The number of esters is 1. The number of nitrogens with one attached hydrogen (secondary N) is 1. The molecule has 0 bridgehead atoms. The van der Waals surface area contributed by atoms with E-state index in [9.17, 15) is 29.8 Å². The summed E-state index contributed by atoms with van der Waals surface area (Å²) in [5.74, 6) is -0.667. The average Bonchev–Trinajstić information content (AvgIpc) is 2.69. The third-order valence-corrected chi connectivity index (χ3v) is 4.02. The van der Waals surface area contributed by atoms with Crippen LogP contribution < -0.4 is 5.32 Å². The van der Waals surface area contributed by atoms with Gasteiger partial charge in [0.2, 0.25) is 0 Å². The van der Waals surface area contributed by atoms with Gasteiger partial charge in [-0.3, -0.25) is 0 Å². The zero-order valence-corrected chi connectivity index (χ0v) is 18.8. The number of ether oxygens (including phenoxy) is 2. The van der Waals surface area contributed by atoms with Gasteiger partial charge >= 0.3 is 12.1 Å². The van der Waals surface area contributed by atoms with Crippen LogP contribution in [0.5, 0.6) is 0 Å². The topological polar surface area (TPSA) is 169 Å². The lowest BCUT2D eigenvalue weighted by atomic mass is 10.1. The summed E-state index contributed by atoms with van der Waals surface area (Å²) in [5.41, 5.74) is 0.0631. The van der Waals surface area contributed by atoms with E-state index in [1.807, 2.05) is 6.07 Å². The lowest BCUT2D eigenvalue weighted by Gasteiger charge is -2.23. The highest BCUT2D eigenvalue weighted by Gasteiger charge is 2.26. The highest BCUT2D eigenvalue weighted by atomic mass is 17.0. The molecular weight excluding hydrogens is 442 g/mol. The number of amides is 1. The first-order valence-corrected chi connectivity index (χ1v) is 10.2. The van der Waals surface area contributed by atoms with Gasteiger partial charge in [-0.25, -0.2) is 9.59 Å². The van der Waals surface area contributed by atoms with E-state index in [1.54, 1.807) is 45.0 Å². The van der Waals surface area contributed by atoms with Crippen LogP contribution in [-0.4, -0.2) is 53.2 Å². The molecule has 0 aliphatic rings. The fourth-order valence-corrected chi connectivity index (χ4v) is 2.67. The van der Waals surface area contributed by atoms with Crippen LogP contribution in [0.4, 0.5) is 4.79 Å². The lowest BCUT2D eigenvalue weighted by Crippen LogP contribution is -2.45. The Morgan fingerprint density at radius 2 is 1.73 bits per heavy atom.